The Balaban J connectivity index is 2.29. The molecule has 0 saturated carbocycles. The molecule has 1 unspecified atom stereocenters. The lowest BCUT2D eigenvalue weighted by Gasteiger charge is -2.21. The van der Waals surface area contributed by atoms with Crippen molar-refractivity contribution in [3.05, 3.63) is 59.4 Å². The molecule has 0 spiro atoms. The lowest BCUT2D eigenvalue weighted by molar-refractivity contribution is 0.341. The Labute approximate surface area is 126 Å². The zero-order valence-electron chi connectivity index (χ0n) is 12.8. The number of nitrogens with one attached hydrogen (secondary N) is 1. The van der Waals surface area contributed by atoms with E-state index in [1.54, 1.807) is 6.07 Å². The fourth-order valence-electron chi connectivity index (χ4n) is 2.37. The van der Waals surface area contributed by atoms with Gasteiger partial charge in [-0.3, -0.25) is 0 Å². The first-order valence-electron chi connectivity index (χ1n) is 7.40. The lowest BCUT2D eigenvalue weighted by Crippen LogP contribution is -2.12. The highest BCUT2D eigenvalue weighted by Crippen LogP contribution is 2.31. The molecule has 2 rings (SSSR count). The number of halogens is 1. The van der Waals surface area contributed by atoms with E-state index in [0.717, 1.165) is 23.4 Å². The summed E-state index contributed by atoms with van der Waals surface area (Å²) < 4.78 is 19.6. The number of rotatable bonds is 6. The summed E-state index contributed by atoms with van der Waals surface area (Å²) in [5.74, 6) is 0.634. The molecule has 2 nitrogen and oxygen atoms in total. The summed E-state index contributed by atoms with van der Waals surface area (Å²) in [5.41, 5.74) is 2.73. The van der Waals surface area contributed by atoms with Crippen molar-refractivity contribution in [2.75, 3.05) is 11.9 Å². The molecule has 112 valence electrons. The van der Waals surface area contributed by atoms with Crippen molar-refractivity contribution >= 4 is 5.69 Å². The minimum Gasteiger partial charge on any atom is -0.492 e. The largest absolute Gasteiger partial charge is 0.492 e. The highest BCUT2D eigenvalue weighted by molar-refractivity contribution is 5.58. The molecule has 0 fully saturated rings. The SMILES string of the molecule is CCOc1cc(C)ccc1NC(CC)c1ccccc1F. The fourth-order valence-corrected chi connectivity index (χ4v) is 2.37. The van der Waals surface area contributed by atoms with Gasteiger partial charge >= 0.3 is 0 Å². The van der Waals surface area contributed by atoms with Crippen LogP contribution < -0.4 is 10.1 Å². The fraction of sp³-hybridized carbons (Fsp3) is 0.333. The van der Waals surface area contributed by atoms with Crippen LogP contribution in [0.1, 0.15) is 37.4 Å². The van der Waals surface area contributed by atoms with E-state index in [9.17, 15) is 4.39 Å². The van der Waals surface area contributed by atoms with Gasteiger partial charge in [-0.1, -0.05) is 31.2 Å². The number of aryl methyl sites for hydroxylation is 1. The molecule has 21 heavy (non-hydrogen) atoms. The smallest absolute Gasteiger partial charge is 0.142 e. The van der Waals surface area contributed by atoms with E-state index in [1.165, 1.54) is 6.07 Å². The predicted octanol–water partition coefficient (Wildman–Crippen LogP) is 5.10. The summed E-state index contributed by atoms with van der Waals surface area (Å²) in [4.78, 5) is 0. The van der Waals surface area contributed by atoms with Gasteiger partial charge in [-0.25, -0.2) is 4.39 Å². The van der Waals surface area contributed by atoms with E-state index in [1.807, 2.05) is 51.1 Å². The number of benzene rings is 2. The molecule has 0 radical (unpaired) electrons. The number of hydrogen-bond donors (Lipinski definition) is 1. The second-order valence-corrected chi connectivity index (χ2v) is 5.06. The maximum absolute atomic E-state index is 14.0. The molecule has 2 aromatic carbocycles. The van der Waals surface area contributed by atoms with Crippen LogP contribution in [0, 0.1) is 12.7 Å². The van der Waals surface area contributed by atoms with Gasteiger partial charge in [0.05, 0.1) is 18.3 Å². The maximum atomic E-state index is 14.0. The quantitative estimate of drug-likeness (QED) is 0.798. The van der Waals surface area contributed by atoms with Crippen LogP contribution in [0.3, 0.4) is 0 Å². The third-order valence-corrected chi connectivity index (χ3v) is 3.46. The van der Waals surface area contributed by atoms with Crippen molar-refractivity contribution in [1.82, 2.24) is 0 Å². The summed E-state index contributed by atoms with van der Waals surface area (Å²) in [6.45, 7) is 6.63. The van der Waals surface area contributed by atoms with Gasteiger partial charge in [0.2, 0.25) is 0 Å². The normalized spacial score (nSPS) is 12.0. The standard InChI is InChI=1S/C18H22FNO/c1-4-16(14-8-6-7-9-15(14)19)20-17-11-10-13(3)12-18(17)21-5-2/h6-12,16,20H,4-5H2,1-3H3. The molecule has 0 amide bonds. The van der Waals surface area contributed by atoms with E-state index in [4.69, 9.17) is 4.74 Å². The first-order chi connectivity index (χ1) is 10.2. The van der Waals surface area contributed by atoms with E-state index in [-0.39, 0.29) is 11.9 Å². The monoisotopic (exact) mass is 287 g/mol. The van der Waals surface area contributed by atoms with E-state index in [0.29, 0.717) is 12.2 Å². The zero-order valence-corrected chi connectivity index (χ0v) is 12.8. The second kappa shape index (κ2) is 7.11. The number of anilines is 1. The van der Waals surface area contributed by atoms with Gasteiger partial charge in [-0.15, -0.1) is 0 Å². The zero-order chi connectivity index (χ0) is 15.2. The van der Waals surface area contributed by atoms with Crippen molar-refractivity contribution in [1.29, 1.82) is 0 Å². The molecule has 0 aliphatic heterocycles. The summed E-state index contributed by atoms with van der Waals surface area (Å²) in [6.07, 6.45) is 0.792. The Hall–Kier alpha value is -2.03. The van der Waals surface area contributed by atoms with Crippen molar-refractivity contribution in [3.8, 4) is 5.75 Å². The van der Waals surface area contributed by atoms with E-state index in [2.05, 4.69) is 5.32 Å². The number of ether oxygens (including phenoxy) is 1. The highest BCUT2D eigenvalue weighted by atomic mass is 19.1. The van der Waals surface area contributed by atoms with Crippen molar-refractivity contribution in [2.24, 2.45) is 0 Å². The Morgan fingerprint density at radius 2 is 1.90 bits per heavy atom. The molecule has 2 aromatic rings. The van der Waals surface area contributed by atoms with Crippen LogP contribution in [-0.4, -0.2) is 6.61 Å². The van der Waals surface area contributed by atoms with Gasteiger partial charge in [0, 0.05) is 5.56 Å². The highest BCUT2D eigenvalue weighted by Gasteiger charge is 2.15. The lowest BCUT2D eigenvalue weighted by atomic mass is 10.0. The van der Waals surface area contributed by atoms with Crippen LogP contribution in [0.15, 0.2) is 42.5 Å². The second-order valence-electron chi connectivity index (χ2n) is 5.06. The molecule has 1 N–H and O–H groups in total. The van der Waals surface area contributed by atoms with Crippen LogP contribution >= 0.6 is 0 Å². The topological polar surface area (TPSA) is 21.3 Å². The van der Waals surface area contributed by atoms with Gasteiger partial charge in [-0.2, -0.15) is 0 Å². The van der Waals surface area contributed by atoms with Gasteiger partial charge in [0.15, 0.2) is 0 Å². The summed E-state index contributed by atoms with van der Waals surface area (Å²) in [7, 11) is 0. The Bertz CT molecular complexity index is 598. The Morgan fingerprint density at radius 3 is 2.57 bits per heavy atom. The molecule has 0 bridgehead atoms. The summed E-state index contributed by atoms with van der Waals surface area (Å²) in [6, 6.07) is 12.8. The van der Waals surface area contributed by atoms with Crippen LogP contribution in [0.4, 0.5) is 10.1 Å². The molecular weight excluding hydrogens is 265 g/mol. The van der Waals surface area contributed by atoms with Crippen LogP contribution in [-0.2, 0) is 0 Å². The summed E-state index contributed by atoms with van der Waals surface area (Å²) in [5, 5.41) is 3.40. The van der Waals surface area contributed by atoms with E-state index >= 15 is 0 Å². The molecule has 3 heteroatoms. The van der Waals surface area contributed by atoms with Crippen molar-refractivity contribution in [2.45, 2.75) is 33.2 Å². The van der Waals surface area contributed by atoms with E-state index < -0.39 is 0 Å². The van der Waals surface area contributed by atoms with Crippen molar-refractivity contribution in [3.63, 3.8) is 0 Å². The molecule has 0 aromatic heterocycles. The van der Waals surface area contributed by atoms with Gasteiger partial charge in [0.1, 0.15) is 11.6 Å². The average molecular weight is 287 g/mol. The van der Waals surface area contributed by atoms with Crippen LogP contribution in [0.25, 0.3) is 0 Å². The minimum atomic E-state index is -0.179. The molecule has 0 aliphatic carbocycles. The predicted molar refractivity (Wildman–Crippen MR) is 85.4 cm³/mol. The first-order valence-corrected chi connectivity index (χ1v) is 7.40. The van der Waals surface area contributed by atoms with Gasteiger partial charge in [-0.05, 0) is 44.0 Å². The third kappa shape index (κ3) is 3.75. The molecule has 1 atom stereocenters. The molecule has 0 heterocycles. The maximum Gasteiger partial charge on any atom is 0.142 e. The number of hydrogen-bond acceptors (Lipinski definition) is 2. The average Bonchev–Trinajstić information content (AvgIpc) is 2.48. The first kappa shape index (κ1) is 15.4. The minimum absolute atomic E-state index is 0.0758. The summed E-state index contributed by atoms with van der Waals surface area (Å²) >= 11 is 0. The van der Waals surface area contributed by atoms with Crippen LogP contribution in [0.5, 0.6) is 5.75 Å². The molecule has 0 saturated heterocycles. The van der Waals surface area contributed by atoms with Crippen LogP contribution in [0.2, 0.25) is 0 Å². The van der Waals surface area contributed by atoms with Crippen molar-refractivity contribution < 1.29 is 9.13 Å². The Morgan fingerprint density at radius 1 is 1.14 bits per heavy atom. The molecular formula is C18H22FNO. The molecule has 0 aliphatic rings. The third-order valence-electron chi connectivity index (χ3n) is 3.46. The Kier molecular flexibility index (Phi) is 5.20. The van der Waals surface area contributed by atoms with Gasteiger partial charge in [0.25, 0.3) is 0 Å². The van der Waals surface area contributed by atoms with Gasteiger partial charge < -0.3 is 10.1 Å².